The Labute approximate surface area is 224 Å². The number of hydrogen-bond donors (Lipinski definition) is 2. The molecular formula is C34H24N4O. The van der Waals surface area contributed by atoms with E-state index < -0.39 is 0 Å². The molecule has 2 unspecified atom stereocenters. The van der Waals surface area contributed by atoms with Crippen molar-refractivity contribution in [2.24, 2.45) is 4.99 Å². The van der Waals surface area contributed by atoms with Crippen molar-refractivity contribution in [2.75, 3.05) is 0 Å². The van der Waals surface area contributed by atoms with E-state index in [-0.39, 0.29) is 17.9 Å². The molecule has 0 fully saturated rings. The highest BCUT2D eigenvalue weighted by Gasteiger charge is 2.26. The molecule has 0 radical (unpaired) electrons. The van der Waals surface area contributed by atoms with Gasteiger partial charge in [0.1, 0.15) is 18.2 Å². The van der Waals surface area contributed by atoms with Crippen LogP contribution in [0.25, 0.3) is 38.0 Å². The topological polar surface area (TPSA) is 57.9 Å². The molecule has 7 aromatic rings. The van der Waals surface area contributed by atoms with Crippen molar-refractivity contribution in [3.63, 3.8) is 0 Å². The van der Waals surface area contributed by atoms with E-state index in [1.165, 1.54) is 0 Å². The largest absolute Gasteiger partial charge is 0.350 e. The summed E-state index contributed by atoms with van der Waals surface area (Å²) in [6.07, 6.45) is -0.332. The van der Waals surface area contributed by atoms with Gasteiger partial charge in [0.15, 0.2) is 0 Å². The van der Waals surface area contributed by atoms with Gasteiger partial charge in [-0.05, 0) is 40.8 Å². The molecule has 39 heavy (non-hydrogen) atoms. The van der Waals surface area contributed by atoms with Crippen LogP contribution in [0.15, 0.2) is 131 Å². The highest BCUT2D eigenvalue weighted by molar-refractivity contribution is 6.22. The molecule has 5 heteroatoms. The smallest absolute Gasteiger partial charge is 0.263 e. The van der Waals surface area contributed by atoms with Crippen LogP contribution >= 0.6 is 0 Å². The van der Waals surface area contributed by atoms with Crippen LogP contribution in [-0.4, -0.2) is 10.2 Å². The highest BCUT2D eigenvalue weighted by Crippen LogP contribution is 2.36. The number of rotatable bonds is 3. The highest BCUT2D eigenvalue weighted by atomic mass is 16.1. The van der Waals surface area contributed by atoms with Crippen molar-refractivity contribution in [2.45, 2.75) is 12.3 Å². The van der Waals surface area contributed by atoms with Crippen LogP contribution < -0.4 is 16.2 Å². The van der Waals surface area contributed by atoms with Gasteiger partial charge in [0.05, 0.1) is 11.0 Å². The zero-order valence-electron chi connectivity index (χ0n) is 21.0. The van der Waals surface area contributed by atoms with Gasteiger partial charge in [0.25, 0.3) is 5.56 Å². The summed E-state index contributed by atoms with van der Waals surface area (Å²) in [6.45, 7) is 0. The molecule has 0 saturated carbocycles. The molecule has 0 bridgehead atoms. The Morgan fingerprint density at radius 2 is 1.21 bits per heavy atom. The van der Waals surface area contributed by atoms with Crippen LogP contribution in [0, 0.1) is 0 Å². The Morgan fingerprint density at radius 3 is 1.95 bits per heavy atom. The molecule has 0 saturated heterocycles. The second-order valence-electron chi connectivity index (χ2n) is 10.1. The van der Waals surface area contributed by atoms with Gasteiger partial charge >= 0.3 is 0 Å². The van der Waals surface area contributed by atoms with Crippen molar-refractivity contribution in [1.82, 2.24) is 15.0 Å². The van der Waals surface area contributed by atoms with E-state index in [0.717, 1.165) is 55.1 Å². The molecule has 0 amide bonds. The van der Waals surface area contributed by atoms with E-state index in [1.807, 2.05) is 71.1 Å². The van der Waals surface area contributed by atoms with E-state index in [0.29, 0.717) is 5.39 Å². The van der Waals surface area contributed by atoms with Crippen molar-refractivity contribution in [3.8, 4) is 0 Å². The Morgan fingerprint density at radius 1 is 0.615 bits per heavy atom. The minimum Gasteiger partial charge on any atom is -0.350 e. The predicted molar refractivity (Wildman–Crippen MR) is 159 cm³/mol. The van der Waals surface area contributed by atoms with Crippen LogP contribution in [0.5, 0.6) is 0 Å². The predicted octanol–water partition coefficient (Wildman–Crippen LogP) is 6.53. The number of para-hydroxylation sites is 1. The zero-order valence-corrected chi connectivity index (χ0v) is 21.0. The quantitative estimate of drug-likeness (QED) is 0.269. The van der Waals surface area contributed by atoms with Gasteiger partial charge in [-0.25, -0.2) is 4.99 Å². The summed E-state index contributed by atoms with van der Waals surface area (Å²) in [5, 5.41) is 12.2. The summed E-state index contributed by atoms with van der Waals surface area (Å²) in [6, 6.07) is 41.1. The minimum absolute atomic E-state index is 0.0164. The molecule has 2 N–H and O–H groups in total. The first-order valence-electron chi connectivity index (χ1n) is 13.2. The average molecular weight is 505 g/mol. The van der Waals surface area contributed by atoms with Crippen molar-refractivity contribution >= 4 is 43.8 Å². The second kappa shape index (κ2) is 8.51. The molecule has 8 rings (SSSR count). The van der Waals surface area contributed by atoms with Gasteiger partial charge in [0, 0.05) is 27.1 Å². The number of hydrogen-bond acceptors (Lipinski definition) is 4. The molecule has 0 spiro atoms. The van der Waals surface area contributed by atoms with Crippen LogP contribution in [0.2, 0.25) is 0 Å². The number of fused-ring (bicyclic) bond motifs is 5. The number of pyridine rings is 1. The first kappa shape index (κ1) is 22.0. The first-order valence-corrected chi connectivity index (χ1v) is 13.2. The summed E-state index contributed by atoms with van der Waals surface area (Å²) >= 11 is 0. The third kappa shape index (κ3) is 3.37. The summed E-state index contributed by atoms with van der Waals surface area (Å²) in [7, 11) is 0. The SMILES string of the molecule is O=c1c2ccccc2c2cc(C3=NC(c4ccccc4)NC(c4ccccc4)N3)cc3c4ccccc4n1c23. The Balaban J connectivity index is 1.42. The number of benzene rings is 5. The fourth-order valence-corrected chi connectivity index (χ4v) is 6.00. The third-order valence-corrected chi connectivity index (χ3v) is 7.80. The fourth-order valence-electron chi connectivity index (χ4n) is 6.00. The lowest BCUT2D eigenvalue weighted by molar-refractivity contribution is 0.409. The molecule has 1 aliphatic heterocycles. The zero-order chi connectivity index (χ0) is 25.9. The number of aliphatic imine (C=N–C) groups is 1. The molecular weight excluding hydrogens is 480 g/mol. The van der Waals surface area contributed by atoms with E-state index in [4.69, 9.17) is 4.99 Å². The second-order valence-corrected chi connectivity index (χ2v) is 10.1. The van der Waals surface area contributed by atoms with Crippen molar-refractivity contribution < 1.29 is 0 Å². The maximum absolute atomic E-state index is 13.7. The summed E-state index contributed by atoms with van der Waals surface area (Å²) in [4.78, 5) is 18.9. The average Bonchev–Trinajstić information content (AvgIpc) is 3.35. The van der Waals surface area contributed by atoms with Crippen LogP contribution in [-0.2, 0) is 0 Å². The number of aromatic nitrogens is 1. The normalized spacial score (nSPS) is 17.6. The summed E-state index contributed by atoms with van der Waals surface area (Å²) in [5.74, 6) is 0.820. The van der Waals surface area contributed by atoms with Gasteiger partial charge in [-0.1, -0.05) is 97.1 Å². The maximum Gasteiger partial charge on any atom is 0.263 e. The molecule has 0 aliphatic carbocycles. The lowest BCUT2D eigenvalue weighted by Gasteiger charge is -2.32. The Kier molecular flexibility index (Phi) is 4.81. The van der Waals surface area contributed by atoms with Crippen LogP contribution in [0.3, 0.4) is 0 Å². The molecule has 1 aliphatic rings. The molecule has 3 heterocycles. The number of nitrogens with one attached hydrogen (secondary N) is 2. The third-order valence-electron chi connectivity index (χ3n) is 7.80. The molecule has 2 aromatic heterocycles. The lowest BCUT2D eigenvalue weighted by Crippen LogP contribution is -2.44. The molecule has 5 nitrogen and oxygen atoms in total. The van der Waals surface area contributed by atoms with Gasteiger partial charge in [-0.3, -0.25) is 14.5 Å². The van der Waals surface area contributed by atoms with Crippen molar-refractivity contribution in [3.05, 3.63) is 148 Å². The molecule has 5 aromatic carbocycles. The number of nitrogens with zero attached hydrogens (tertiary/aromatic N) is 2. The van der Waals surface area contributed by atoms with Gasteiger partial charge in [0.2, 0.25) is 0 Å². The number of amidine groups is 1. The molecule has 186 valence electrons. The van der Waals surface area contributed by atoms with Crippen LogP contribution in [0.1, 0.15) is 29.0 Å². The molecule has 2 atom stereocenters. The van der Waals surface area contributed by atoms with E-state index in [2.05, 4.69) is 65.2 Å². The van der Waals surface area contributed by atoms with Gasteiger partial charge in [-0.2, -0.15) is 0 Å². The first-order chi connectivity index (χ1) is 19.3. The lowest BCUT2D eigenvalue weighted by atomic mass is 10.00. The minimum atomic E-state index is -0.213. The Hall–Kier alpha value is -5.00. The van der Waals surface area contributed by atoms with Crippen molar-refractivity contribution in [1.29, 1.82) is 0 Å². The Bertz CT molecular complexity index is 2100. The maximum atomic E-state index is 13.7. The standard InChI is InChI=1S/C34H24N4O/c39-34-26-17-8-7-15-24(26)27-19-23(20-28-25-16-9-10-18-29(25)38(34)30(27)28)33-36-31(21-11-3-1-4-12-21)35-32(37-33)22-13-5-2-6-14-22/h1-20,31-32,35H,(H,36,37). The van der Waals surface area contributed by atoms with E-state index in [9.17, 15) is 4.79 Å². The summed E-state index contributed by atoms with van der Waals surface area (Å²) < 4.78 is 1.88. The van der Waals surface area contributed by atoms with E-state index >= 15 is 0 Å². The summed E-state index contributed by atoms with van der Waals surface area (Å²) in [5.41, 5.74) is 5.14. The van der Waals surface area contributed by atoms with E-state index in [1.54, 1.807) is 0 Å². The monoisotopic (exact) mass is 504 g/mol. The van der Waals surface area contributed by atoms with Crippen LogP contribution in [0.4, 0.5) is 0 Å². The van der Waals surface area contributed by atoms with Gasteiger partial charge < -0.3 is 5.32 Å². The van der Waals surface area contributed by atoms with Gasteiger partial charge in [-0.15, -0.1) is 0 Å². The fraction of sp³-hybridized carbons (Fsp3) is 0.0588.